The number of piperazine rings is 1. The zero-order valence-electron chi connectivity index (χ0n) is 14.7. The van der Waals surface area contributed by atoms with Crippen molar-refractivity contribution in [2.75, 3.05) is 18.0 Å². The van der Waals surface area contributed by atoms with Crippen LogP contribution in [0.25, 0.3) is 10.9 Å². The average molecular weight is 369 g/mol. The fourth-order valence-corrected chi connectivity index (χ4v) is 5.82. The molecule has 0 radical (unpaired) electrons. The Kier molecular flexibility index (Phi) is 2.83. The summed E-state index contributed by atoms with van der Waals surface area (Å²) < 4.78 is 16.0. The summed E-state index contributed by atoms with van der Waals surface area (Å²) in [5.41, 5.74) is -0.241. The fourth-order valence-electron chi connectivity index (χ4n) is 5.82. The number of pyridine rings is 1. The first kappa shape index (κ1) is 15.6. The Labute approximate surface area is 154 Å². The molecule has 1 aromatic heterocycles. The number of aromatic carboxylic acids is 1. The molecule has 2 unspecified atom stereocenters. The van der Waals surface area contributed by atoms with Gasteiger partial charge in [0.1, 0.15) is 17.2 Å². The van der Waals surface area contributed by atoms with E-state index in [1.807, 2.05) is 0 Å². The Balaban J connectivity index is 1.72. The van der Waals surface area contributed by atoms with Crippen molar-refractivity contribution >= 4 is 22.7 Å². The molecule has 27 heavy (non-hydrogen) atoms. The lowest BCUT2D eigenvalue weighted by Gasteiger charge is -2.64. The van der Waals surface area contributed by atoms with Gasteiger partial charge in [0, 0.05) is 36.1 Å². The second kappa shape index (κ2) is 4.90. The van der Waals surface area contributed by atoms with E-state index in [9.17, 15) is 19.1 Å². The van der Waals surface area contributed by atoms with Gasteiger partial charge in [-0.05, 0) is 49.8 Å². The first-order valence-electron chi connectivity index (χ1n) is 9.59. The molecule has 5 aliphatic rings. The predicted molar refractivity (Wildman–Crippen MR) is 98.0 cm³/mol. The maximum Gasteiger partial charge on any atom is 0.343 e. The number of halogens is 1. The lowest BCUT2D eigenvalue weighted by molar-refractivity contribution is -0.0850. The van der Waals surface area contributed by atoms with E-state index >= 15 is 0 Å². The van der Waals surface area contributed by atoms with Crippen LogP contribution in [-0.4, -0.2) is 40.8 Å². The van der Waals surface area contributed by atoms with E-state index in [2.05, 4.69) is 14.8 Å². The van der Waals surface area contributed by atoms with E-state index in [0.29, 0.717) is 29.8 Å². The molecular formula is C20H20FN3O3. The molecule has 0 amide bonds. The number of nitrogens with one attached hydrogen (secondary N) is 1. The van der Waals surface area contributed by atoms with Crippen molar-refractivity contribution < 1.29 is 14.3 Å². The molecule has 7 heteroatoms. The van der Waals surface area contributed by atoms with Gasteiger partial charge in [0.2, 0.25) is 5.43 Å². The SMILES string of the molecule is O=C(O)c1c(N2CC3CC2CN3)n(C23CC(C2)C3)c2ccc(F)cc2c1=O. The summed E-state index contributed by atoms with van der Waals surface area (Å²) in [5.74, 6) is -0.508. The number of rotatable bonds is 3. The molecule has 3 heterocycles. The van der Waals surface area contributed by atoms with Gasteiger partial charge in [-0.2, -0.15) is 0 Å². The summed E-state index contributed by atoms with van der Waals surface area (Å²) in [4.78, 5) is 27.4. The van der Waals surface area contributed by atoms with Crippen LogP contribution in [0.2, 0.25) is 0 Å². The Morgan fingerprint density at radius 3 is 2.63 bits per heavy atom. The minimum absolute atomic E-state index is 0.122. The molecule has 0 spiro atoms. The molecule has 5 fully saturated rings. The molecule has 1 aromatic carbocycles. The van der Waals surface area contributed by atoms with Crippen LogP contribution in [0.3, 0.4) is 0 Å². The van der Waals surface area contributed by atoms with E-state index < -0.39 is 17.2 Å². The third-order valence-corrected chi connectivity index (χ3v) is 7.13. The standard InChI is InChI=1S/C20H20FN3O3/c21-11-1-2-15-14(3-11)17(25)16(19(26)27)18(23-9-12-4-13(23)8-22-12)24(15)20-5-10(6-20)7-20/h1-3,10,12-13,22H,4-9H2,(H,26,27). The topological polar surface area (TPSA) is 74.6 Å². The van der Waals surface area contributed by atoms with Crippen LogP contribution in [-0.2, 0) is 5.54 Å². The van der Waals surface area contributed by atoms with Gasteiger partial charge in [-0.1, -0.05) is 0 Å². The molecule has 7 rings (SSSR count). The zero-order valence-corrected chi connectivity index (χ0v) is 14.7. The van der Waals surface area contributed by atoms with Gasteiger partial charge in [0.25, 0.3) is 0 Å². The van der Waals surface area contributed by atoms with Crippen molar-refractivity contribution in [2.24, 2.45) is 5.92 Å². The normalized spacial score (nSPS) is 33.2. The minimum Gasteiger partial charge on any atom is -0.477 e. The molecule has 4 bridgehead atoms. The Morgan fingerprint density at radius 1 is 1.30 bits per heavy atom. The number of hydrogen-bond donors (Lipinski definition) is 2. The number of hydrogen-bond acceptors (Lipinski definition) is 4. The Bertz CT molecular complexity index is 1060. The van der Waals surface area contributed by atoms with Crippen molar-refractivity contribution in [3.05, 3.63) is 39.8 Å². The van der Waals surface area contributed by atoms with Gasteiger partial charge in [-0.25, -0.2) is 9.18 Å². The molecular weight excluding hydrogens is 349 g/mol. The van der Waals surface area contributed by atoms with Crippen LogP contribution in [0.5, 0.6) is 0 Å². The molecule has 2 aromatic rings. The third kappa shape index (κ3) is 1.87. The second-order valence-corrected chi connectivity index (χ2v) is 8.68. The number of carbonyl (C=O) groups is 1. The average Bonchev–Trinajstić information content (AvgIpc) is 3.16. The van der Waals surface area contributed by atoms with Crippen molar-refractivity contribution in [2.45, 2.75) is 43.3 Å². The lowest BCUT2D eigenvalue weighted by atomic mass is 9.49. The molecule has 3 saturated carbocycles. The summed E-state index contributed by atoms with van der Waals surface area (Å²) >= 11 is 0. The number of aromatic nitrogens is 1. The molecule has 140 valence electrons. The number of anilines is 1. The molecule has 2 saturated heterocycles. The number of nitrogens with zero attached hydrogens (tertiary/aromatic N) is 2. The lowest BCUT2D eigenvalue weighted by Crippen LogP contribution is -2.61. The number of fused-ring (bicyclic) bond motifs is 3. The Hall–Kier alpha value is -2.41. The summed E-state index contributed by atoms with van der Waals surface area (Å²) in [6.07, 6.45) is 3.99. The van der Waals surface area contributed by atoms with Crippen LogP contribution in [0.15, 0.2) is 23.0 Å². The van der Waals surface area contributed by atoms with Gasteiger partial charge >= 0.3 is 5.97 Å². The third-order valence-electron chi connectivity index (χ3n) is 7.13. The van der Waals surface area contributed by atoms with Gasteiger partial charge in [-0.15, -0.1) is 0 Å². The second-order valence-electron chi connectivity index (χ2n) is 8.68. The largest absolute Gasteiger partial charge is 0.477 e. The van der Waals surface area contributed by atoms with Crippen LogP contribution in [0.4, 0.5) is 10.2 Å². The van der Waals surface area contributed by atoms with Gasteiger partial charge in [0.15, 0.2) is 0 Å². The quantitative estimate of drug-likeness (QED) is 0.864. The summed E-state index contributed by atoms with van der Waals surface area (Å²) in [6.45, 7) is 1.51. The smallest absolute Gasteiger partial charge is 0.343 e. The molecule has 3 aliphatic carbocycles. The zero-order chi connectivity index (χ0) is 18.5. The van der Waals surface area contributed by atoms with Gasteiger partial charge in [0.05, 0.1) is 5.52 Å². The fraction of sp³-hybridized carbons (Fsp3) is 0.500. The van der Waals surface area contributed by atoms with Crippen molar-refractivity contribution in [1.29, 1.82) is 0 Å². The highest BCUT2D eigenvalue weighted by Gasteiger charge is 2.59. The molecule has 2 N–H and O–H groups in total. The number of carboxylic acid groups (broad SMARTS) is 1. The Morgan fingerprint density at radius 2 is 2.07 bits per heavy atom. The highest BCUT2D eigenvalue weighted by Crippen LogP contribution is 2.64. The van der Waals surface area contributed by atoms with Crippen molar-refractivity contribution in [3.63, 3.8) is 0 Å². The van der Waals surface area contributed by atoms with Crippen LogP contribution in [0.1, 0.15) is 36.0 Å². The van der Waals surface area contributed by atoms with Crippen molar-refractivity contribution in [3.8, 4) is 0 Å². The monoisotopic (exact) mass is 369 g/mol. The summed E-state index contributed by atoms with van der Waals surface area (Å²) in [7, 11) is 0. The van der Waals surface area contributed by atoms with Crippen LogP contribution in [0, 0.1) is 11.7 Å². The first-order chi connectivity index (χ1) is 13.0. The molecule has 6 nitrogen and oxygen atoms in total. The predicted octanol–water partition coefficient (Wildman–Crippen LogP) is 1.90. The maximum atomic E-state index is 13.9. The van der Waals surface area contributed by atoms with E-state index in [-0.39, 0.29) is 22.5 Å². The van der Waals surface area contributed by atoms with Gasteiger partial charge < -0.3 is 19.9 Å². The summed E-state index contributed by atoms with van der Waals surface area (Å²) in [5, 5.41) is 13.6. The summed E-state index contributed by atoms with van der Waals surface area (Å²) in [6, 6.07) is 4.73. The highest BCUT2D eigenvalue weighted by molar-refractivity contribution is 5.99. The number of benzene rings is 1. The van der Waals surface area contributed by atoms with E-state index in [4.69, 9.17) is 0 Å². The molecule has 2 atom stereocenters. The van der Waals surface area contributed by atoms with Crippen molar-refractivity contribution in [1.82, 2.24) is 9.88 Å². The maximum absolute atomic E-state index is 13.9. The number of carboxylic acids is 1. The van der Waals surface area contributed by atoms with Crippen LogP contribution < -0.4 is 15.6 Å². The van der Waals surface area contributed by atoms with E-state index in [1.54, 1.807) is 6.07 Å². The minimum atomic E-state index is -1.22. The van der Waals surface area contributed by atoms with E-state index in [1.165, 1.54) is 12.1 Å². The highest BCUT2D eigenvalue weighted by atomic mass is 19.1. The molecule has 2 aliphatic heterocycles. The van der Waals surface area contributed by atoms with Crippen LogP contribution >= 0.6 is 0 Å². The first-order valence-corrected chi connectivity index (χ1v) is 9.59. The van der Waals surface area contributed by atoms with E-state index in [0.717, 1.165) is 32.2 Å². The van der Waals surface area contributed by atoms with Gasteiger partial charge in [-0.3, -0.25) is 4.79 Å².